The monoisotopic (exact) mass is 394 g/mol. The Hall–Kier alpha value is -2.93. The molecule has 1 amide bonds. The first-order valence-corrected chi connectivity index (χ1v) is 9.92. The van der Waals surface area contributed by atoms with Gasteiger partial charge >= 0.3 is 0 Å². The molecule has 0 aliphatic rings. The lowest BCUT2D eigenvalue weighted by atomic mass is 10.0. The number of nitrogens with zero attached hydrogens (tertiary/aromatic N) is 3. The maximum absolute atomic E-state index is 12.7. The van der Waals surface area contributed by atoms with Crippen molar-refractivity contribution < 1.29 is 9.59 Å². The van der Waals surface area contributed by atoms with E-state index in [9.17, 15) is 9.59 Å². The molecule has 1 N–H and O–H groups in total. The Balaban J connectivity index is 1.58. The highest BCUT2D eigenvalue weighted by Gasteiger charge is 2.18. The topological polar surface area (TPSA) is 76.9 Å². The summed E-state index contributed by atoms with van der Waals surface area (Å²) in [6, 6.07) is 17.2. The van der Waals surface area contributed by atoms with Crippen molar-refractivity contribution in [2.24, 2.45) is 0 Å². The Morgan fingerprint density at radius 2 is 1.82 bits per heavy atom. The molecule has 0 fully saturated rings. The minimum absolute atomic E-state index is 0.0365. The summed E-state index contributed by atoms with van der Waals surface area (Å²) >= 11 is 1.34. The zero-order chi connectivity index (χ0) is 19.9. The van der Waals surface area contributed by atoms with Crippen molar-refractivity contribution >= 4 is 23.5 Å². The molecule has 1 aromatic heterocycles. The fraction of sp³-hybridized carbons (Fsp3) is 0.238. The quantitative estimate of drug-likeness (QED) is 0.469. The number of hydrogen-bond acceptors (Lipinski definition) is 5. The lowest BCUT2D eigenvalue weighted by Crippen LogP contribution is -2.22. The molecule has 2 aromatic carbocycles. The van der Waals surface area contributed by atoms with Crippen LogP contribution in [0.4, 0.5) is 0 Å². The van der Waals surface area contributed by atoms with Gasteiger partial charge in [-0.3, -0.25) is 9.59 Å². The number of amides is 1. The molecule has 3 rings (SSSR count). The smallest absolute Gasteiger partial charge is 0.216 e. The SMILES string of the molecule is CC(=O)NCCc1ccc(C(=O)C(C)Sc2ncn(-c3ccccc3)n2)cc1. The zero-order valence-electron chi connectivity index (χ0n) is 15.8. The van der Waals surface area contributed by atoms with E-state index in [-0.39, 0.29) is 16.9 Å². The van der Waals surface area contributed by atoms with Gasteiger partial charge in [0, 0.05) is 19.0 Å². The predicted molar refractivity (Wildman–Crippen MR) is 110 cm³/mol. The molecule has 28 heavy (non-hydrogen) atoms. The molecule has 1 heterocycles. The van der Waals surface area contributed by atoms with Gasteiger partial charge < -0.3 is 5.32 Å². The third-order valence-electron chi connectivity index (χ3n) is 4.17. The van der Waals surface area contributed by atoms with E-state index in [0.29, 0.717) is 17.3 Å². The van der Waals surface area contributed by atoms with Gasteiger partial charge in [0.25, 0.3) is 0 Å². The van der Waals surface area contributed by atoms with E-state index in [4.69, 9.17) is 0 Å². The molecule has 0 bridgehead atoms. The number of nitrogens with one attached hydrogen (secondary N) is 1. The Morgan fingerprint density at radius 1 is 1.11 bits per heavy atom. The number of rotatable bonds is 8. The highest BCUT2D eigenvalue weighted by atomic mass is 32.2. The van der Waals surface area contributed by atoms with Crippen LogP contribution in [0.5, 0.6) is 0 Å². The second-order valence-electron chi connectivity index (χ2n) is 6.36. The van der Waals surface area contributed by atoms with Crippen LogP contribution in [0.1, 0.15) is 29.8 Å². The van der Waals surface area contributed by atoms with Crippen molar-refractivity contribution in [1.29, 1.82) is 0 Å². The first-order chi connectivity index (χ1) is 13.5. The molecule has 6 nitrogen and oxygen atoms in total. The van der Waals surface area contributed by atoms with Gasteiger partial charge in [0.15, 0.2) is 5.78 Å². The highest BCUT2D eigenvalue weighted by Crippen LogP contribution is 2.23. The summed E-state index contributed by atoms with van der Waals surface area (Å²) in [5.41, 5.74) is 2.66. The molecule has 1 atom stereocenters. The van der Waals surface area contributed by atoms with Crippen LogP contribution in [0, 0.1) is 0 Å². The van der Waals surface area contributed by atoms with Crippen LogP contribution in [-0.4, -0.2) is 38.2 Å². The molecular formula is C21H22N4O2S. The number of carbonyl (C=O) groups is 2. The lowest BCUT2D eigenvalue weighted by Gasteiger charge is -2.09. The van der Waals surface area contributed by atoms with Crippen LogP contribution >= 0.6 is 11.8 Å². The molecule has 0 saturated heterocycles. The molecule has 144 valence electrons. The van der Waals surface area contributed by atoms with Crippen molar-refractivity contribution in [2.45, 2.75) is 30.7 Å². The summed E-state index contributed by atoms with van der Waals surface area (Å²) in [6.45, 7) is 3.95. The van der Waals surface area contributed by atoms with Gasteiger partial charge in [-0.05, 0) is 31.0 Å². The molecule has 0 saturated carbocycles. The number of benzene rings is 2. The van der Waals surface area contributed by atoms with Gasteiger partial charge in [-0.2, -0.15) is 0 Å². The van der Waals surface area contributed by atoms with Crippen molar-refractivity contribution in [2.75, 3.05) is 6.54 Å². The third-order valence-corrected chi connectivity index (χ3v) is 5.13. The second-order valence-corrected chi connectivity index (χ2v) is 7.67. The molecule has 0 radical (unpaired) electrons. The number of thioether (sulfide) groups is 1. The normalized spacial score (nSPS) is 11.8. The minimum Gasteiger partial charge on any atom is -0.356 e. The maximum Gasteiger partial charge on any atom is 0.216 e. The fourth-order valence-electron chi connectivity index (χ4n) is 2.67. The Kier molecular flexibility index (Phi) is 6.60. The summed E-state index contributed by atoms with van der Waals surface area (Å²) in [5.74, 6) is -0.00423. The Labute approximate surface area is 168 Å². The van der Waals surface area contributed by atoms with E-state index in [2.05, 4.69) is 15.4 Å². The fourth-order valence-corrected chi connectivity index (χ4v) is 3.47. The van der Waals surface area contributed by atoms with E-state index < -0.39 is 0 Å². The first kappa shape index (κ1) is 19.8. The maximum atomic E-state index is 12.7. The van der Waals surface area contributed by atoms with Crippen LogP contribution in [0.15, 0.2) is 66.1 Å². The molecule has 3 aromatic rings. The standard InChI is InChI=1S/C21H22N4O2S/c1-15(28-21-23-14-25(24-21)19-6-4-3-5-7-19)20(27)18-10-8-17(9-11-18)12-13-22-16(2)26/h3-11,14-15H,12-13H2,1-2H3,(H,22,26). The molecule has 1 unspecified atom stereocenters. The number of Topliss-reactive ketones (excluding diaryl/α,β-unsaturated/α-hetero) is 1. The zero-order valence-corrected chi connectivity index (χ0v) is 16.6. The minimum atomic E-state index is -0.295. The van der Waals surface area contributed by atoms with E-state index in [1.807, 2.05) is 61.5 Å². The Bertz CT molecular complexity index is 939. The molecule has 0 aliphatic carbocycles. The lowest BCUT2D eigenvalue weighted by molar-refractivity contribution is -0.118. The van der Waals surface area contributed by atoms with E-state index in [0.717, 1.165) is 17.7 Å². The van der Waals surface area contributed by atoms with Crippen LogP contribution in [-0.2, 0) is 11.2 Å². The van der Waals surface area contributed by atoms with Gasteiger partial charge in [0.05, 0.1) is 10.9 Å². The van der Waals surface area contributed by atoms with Crippen molar-refractivity contribution in [1.82, 2.24) is 20.1 Å². The van der Waals surface area contributed by atoms with Gasteiger partial charge in [-0.1, -0.05) is 54.2 Å². The Morgan fingerprint density at radius 3 is 2.50 bits per heavy atom. The van der Waals surface area contributed by atoms with Gasteiger partial charge in [0.1, 0.15) is 6.33 Å². The van der Waals surface area contributed by atoms with Gasteiger partial charge in [0.2, 0.25) is 11.1 Å². The van der Waals surface area contributed by atoms with Gasteiger partial charge in [-0.25, -0.2) is 9.67 Å². The van der Waals surface area contributed by atoms with Crippen LogP contribution in [0.25, 0.3) is 5.69 Å². The average molecular weight is 395 g/mol. The van der Waals surface area contributed by atoms with Crippen molar-refractivity contribution in [3.63, 3.8) is 0 Å². The molecule has 0 spiro atoms. The highest BCUT2D eigenvalue weighted by molar-refractivity contribution is 8.00. The average Bonchev–Trinajstić information content (AvgIpc) is 3.17. The van der Waals surface area contributed by atoms with Crippen LogP contribution in [0.3, 0.4) is 0 Å². The number of aromatic nitrogens is 3. The summed E-state index contributed by atoms with van der Waals surface area (Å²) in [5, 5.41) is 7.48. The summed E-state index contributed by atoms with van der Waals surface area (Å²) in [4.78, 5) is 27.9. The second kappa shape index (κ2) is 9.32. The van der Waals surface area contributed by atoms with Gasteiger partial charge in [-0.15, -0.1) is 5.10 Å². The molecule has 0 aliphatic heterocycles. The van der Waals surface area contributed by atoms with Crippen molar-refractivity contribution in [3.05, 3.63) is 72.1 Å². The number of ketones is 1. The predicted octanol–water partition coefficient (Wildman–Crippen LogP) is 3.31. The van der Waals surface area contributed by atoms with E-state index >= 15 is 0 Å². The first-order valence-electron chi connectivity index (χ1n) is 9.04. The summed E-state index contributed by atoms with van der Waals surface area (Å²) in [7, 11) is 0. The number of hydrogen-bond donors (Lipinski definition) is 1. The van der Waals surface area contributed by atoms with Crippen LogP contribution < -0.4 is 5.32 Å². The van der Waals surface area contributed by atoms with E-state index in [1.54, 1.807) is 11.0 Å². The van der Waals surface area contributed by atoms with E-state index in [1.165, 1.54) is 18.7 Å². The third kappa shape index (κ3) is 5.29. The molecular weight excluding hydrogens is 372 g/mol. The molecule has 7 heteroatoms. The summed E-state index contributed by atoms with van der Waals surface area (Å²) < 4.78 is 1.70. The largest absolute Gasteiger partial charge is 0.356 e. The van der Waals surface area contributed by atoms with Crippen LogP contribution in [0.2, 0.25) is 0 Å². The number of para-hydroxylation sites is 1. The van der Waals surface area contributed by atoms with Crippen molar-refractivity contribution in [3.8, 4) is 5.69 Å². The summed E-state index contributed by atoms with van der Waals surface area (Å²) in [6.07, 6.45) is 2.39. The number of carbonyl (C=O) groups excluding carboxylic acids is 2.